The van der Waals surface area contributed by atoms with Crippen LogP contribution in [-0.4, -0.2) is 18.2 Å². The van der Waals surface area contributed by atoms with Gasteiger partial charge in [-0.1, -0.05) is 29.3 Å². The molecule has 0 aliphatic heterocycles. The van der Waals surface area contributed by atoms with Crippen molar-refractivity contribution in [3.8, 4) is 0 Å². The van der Waals surface area contributed by atoms with E-state index in [1.54, 1.807) is 29.1 Å². The summed E-state index contributed by atoms with van der Waals surface area (Å²) in [6.45, 7) is 0.398. The van der Waals surface area contributed by atoms with Crippen molar-refractivity contribution < 1.29 is 12.8 Å². The highest BCUT2D eigenvalue weighted by Crippen LogP contribution is 2.23. The fraction of sp³-hybridized carbons (Fsp3) is 0.0625. The number of hydrogen-bond acceptors (Lipinski definition) is 3. The maximum absolute atomic E-state index is 12.9. The molecule has 1 N–H and O–H groups in total. The molecule has 1 heterocycles. The summed E-state index contributed by atoms with van der Waals surface area (Å²) in [5.41, 5.74) is 1.16. The van der Waals surface area contributed by atoms with Crippen molar-refractivity contribution in [2.45, 2.75) is 11.4 Å². The number of rotatable bonds is 5. The first-order chi connectivity index (χ1) is 11.8. The van der Waals surface area contributed by atoms with Gasteiger partial charge in [-0.25, -0.2) is 12.8 Å². The summed E-state index contributed by atoms with van der Waals surface area (Å²) >= 11 is 11.8. The van der Waals surface area contributed by atoms with Crippen LogP contribution in [-0.2, 0) is 16.6 Å². The lowest BCUT2D eigenvalue weighted by Gasteiger charge is -2.06. The van der Waals surface area contributed by atoms with Crippen LogP contribution in [0.1, 0.15) is 5.56 Å². The van der Waals surface area contributed by atoms with Gasteiger partial charge in [0, 0.05) is 6.20 Å². The van der Waals surface area contributed by atoms with E-state index in [0.717, 1.165) is 17.7 Å². The predicted molar refractivity (Wildman–Crippen MR) is 95.0 cm³/mol. The first kappa shape index (κ1) is 17.7. The molecular formula is C16H12Cl2FN3O2S. The minimum Gasteiger partial charge on any atom is -0.276 e. The molecule has 0 unspecified atom stereocenters. The van der Waals surface area contributed by atoms with Crippen molar-refractivity contribution in [3.63, 3.8) is 0 Å². The van der Waals surface area contributed by atoms with Gasteiger partial charge in [0.25, 0.3) is 10.0 Å². The zero-order valence-electron chi connectivity index (χ0n) is 12.7. The number of anilines is 1. The molecular weight excluding hydrogens is 388 g/mol. The van der Waals surface area contributed by atoms with E-state index in [1.165, 1.54) is 18.3 Å². The molecule has 0 saturated heterocycles. The number of nitrogens with one attached hydrogen (secondary N) is 1. The lowest BCUT2D eigenvalue weighted by molar-refractivity contribution is 0.599. The summed E-state index contributed by atoms with van der Waals surface area (Å²) in [4.78, 5) is -0.0360. The molecule has 25 heavy (non-hydrogen) atoms. The van der Waals surface area contributed by atoms with E-state index >= 15 is 0 Å². The van der Waals surface area contributed by atoms with E-state index in [1.807, 2.05) is 0 Å². The van der Waals surface area contributed by atoms with E-state index in [0.29, 0.717) is 22.3 Å². The van der Waals surface area contributed by atoms with Gasteiger partial charge in [-0.05, 0) is 42.0 Å². The van der Waals surface area contributed by atoms with E-state index < -0.39 is 15.8 Å². The second-order valence-corrected chi connectivity index (χ2v) is 7.73. The first-order valence-corrected chi connectivity index (χ1v) is 9.32. The Morgan fingerprint density at radius 3 is 2.48 bits per heavy atom. The van der Waals surface area contributed by atoms with Crippen LogP contribution >= 0.6 is 23.2 Å². The second-order valence-electron chi connectivity index (χ2n) is 5.23. The Hall–Kier alpha value is -2.09. The fourth-order valence-corrected chi connectivity index (χ4v) is 3.50. The average molecular weight is 400 g/mol. The van der Waals surface area contributed by atoms with Crippen LogP contribution in [0.2, 0.25) is 10.0 Å². The normalized spacial score (nSPS) is 11.5. The van der Waals surface area contributed by atoms with Gasteiger partial charge in [0.1, 0.15) is 5.82 Å². The third-order valence-corrected chi connectivity index (χ3v) is 5.47. The first-order valence-electron chi connectivity index (χ1n) is 7.08. The van der Waals surface area contributed by atoms with Gasteiger partial charge < -0.3 is 0 Å². The quantitative estimate of drug-likeness (QED) is 0.699. The highest BCUT2D eigenvalue weighted by Gasteiger charge is 2.15. The summed E-state index contributed by atoms with van der Waals surface area (Å²) in [6.07, 6.45) is 2.93. The number of benzene rings is 2. The molecule has 0 radical (unpaired) electrons. The summed E-state index contributed by atoms with van der Waals surface area (Å²) in [6, 6.07) is 9.76. The fourth-order valence-electron chi connectivity index (χ4n) is 2.16. The van der Waals surface area contributed by atoms with Crippen LogP contribution in [0.15, 0.2) is 59.8 Å². The largest absolute Gasteiger partial charge is 0.276 e. The SMILES string of the molecule is O=S(=O)(Nc1cnn(Cc2ccc(Cl)c(Cl)c2)c1)c1ccc(F)cc1. The number of halogens is 3. The molecule has 0 aliphatic carbocycles. The lowest BCUT2D eigenvalue weighted by Crippen LogP contribution is -2.12. The molecule has 5 nitrogen and oxygen atoms in total. The molecule has 0 aliphatic rings. The second kappa shape index (κ2) is 7.03. The molecule has 0 spiro atoms. The topological polar surface area (TPSA) is 64.0 Å². The lowest BCUT2D eigenvalue weighted by atomic mass is 10.2. The van der Waals surface area contributed by atoms with Crippen LogP contribution in [0.3, 0.4) is 0 Å². The molecule has 3 rings (SSSR count). The average Bonchev–Trinajstić information content (AvgIpc) is 2.97. The van der Waals surface area contributed by atoms with Crippen LogP contribution < -0.4 is 4.72 Å². The Morgan fingerprint density at radius 2 is 1.80 bits per heavy atom. The maximum Gasteiger partial charge on any atom is 0.261 e. The molecule has 1 aromatic heterocycles. The van der Waals surface area contributed by atoms with Gasteiger partial charge in [0.05, 0.1) is 33.4 Å². The standard InChI is InChI=1S/C16H12Cl2FN3O2S/c17-15-6-1-11(7-16(15)18)9-22-10-13(8-20-22)21-25(23,24)14-4-2-12(19)3-5-14/h1-8,10,21H,9H2. The molecule has 2 aromatic carbocycles. The maximum atomic E-state index is 12.9. The minimum absolute atomic E-state index is 0.0360. The number of nitrogens with zero attached hydrogens (tertiary/aromatic N) is 2. The zero-order chi connectivity index (χ0) is 18.0. The van der Waals surface area contributed by atoms with Crippen molar-refractivity contribution >= 4 is 38.9 Å². The number of sulfonamides is 1. The van der Waals surface area contributed by atoms with Crippen molar-refractivity contribution in [3.05, 3.63) is 76.3 Å². The van der Waals surface area contributed by atoms with Crippen LogP contribution in [0, 0.1) is 5.82 Å². The zero-order valence-corrected chi connectivity index (χ0v) is 15.0. The Bertz CT molecular complexity index is 1000. The van der Waals surface area contributed by atoms with Gasteiger partial charge in [-0.3, -0.25) is 9.40 Å². The number of aromatic nitrogens is 2. The molecule has 0 fully saturated rings. The summed E-state index contributed by atoms with van der Waals surface area (Å²) < 4.78 is 41.4. The molecule has 130 valence electrons. The highest BCUT2D eigenvalue weighted by atomic mass is 35.5. The van der Waals surface area contributed by atoms with E-state index in [4.69, 9.17) is 23.2 Å². The molecule has 3 aromatic rings. The summed E-state index contributed by atoms with van der Waals surface area (Å²) in [5, 5.41) is 5.00. The predicted octanol–water partition coefficient (Wildman–Crippen LogP) is 4.18. The van der Waals surface area contributed by atoms with Crippen LogP contribution in [0.25, 0.3) is 0 Å². The Balaban J connectivity index is 1.74. The third-order valence-electron chi connectivity index (χ3n) is 3.34. The molecule has 0 amide bonds. The van der Waals surface area contributed by atoms with Crippen molar-refractivity contribution in [1.82, 2.24) is 9.78 Å². The summed E-state index contributed by atoms with van der Waals surface area (Å²) in [7, 11) is -3.81. The van der Waals surface area contributed by atoms with E-state index in [9.17, 15) is 12.8 Å². The Morgan fingerprint density at radius 1 is 1.08 bits per heavy atom. The molecule has 0 saturated carbocycles. The van der Waals surface area contributed by atoms with Crippen LogP contribution in [0.5, 0.6) is 0 Å². The van der Waals surface area contributed by atoms with Gasteiger partial charge in [0.2, 0.25) is 0 Å². The van der Waals surface area contributed by atoms with Gasteiger partial charge in [-0.15, -0.1) is 0 Å². The Labute approximate surface area is 154 Å². The Kier molecular flexibility index (Phi) is 4.99. The van der Waals surface area contributed by atoms with Crippen molar-refractivity contribution in [2.75, 3.05) is 4.72 Å². The molecule has 9 heteroatoms. The van der Waals surface area contributed by atoms with Gasteiger partial charge in [0.15, 0.2) is 0 Å². The van der Waals surface area contributed by atoms with Crippen molar-refractivity contribution in [2.24, 2.45) is 0 Å². The minimum atomic E-state index is -3.81. The van der Waals surface area contributed by atoms with E-state index in [2.05, 4.69) is 9.82 Å². The smallest absolute Gasteiger partial charge is 0.261 e. The third kappa shape index (κ3) is 4.31. The van der Waals surface area contributed by atoms with Crippen molar-refractivity contribution in [1.29, 1.82) is 0 Å². The highest BCUT2D eigenvalue weighted by molar-refractivity contribution is 7.92. The molecule has 0 atom stereocenters. The molecule has 0 bridgehead atoms. The van der Waals surface area contributed by atoms with Crippen LogP contribution in [0.4, 0.5) is 10.1 Å². The van der Waals surface area contributed by atoms with Gasteiger partial charge in [-0.2, -0.15) is 5.10 Å². The van der Waals surface area contributed by atoms with E-state index in [-0.39, 0.29) is 4.90 Å². The monoisotopic (exact) mass is 399 g/mol. The van der Waals surface area contributed by atoms with Gasteiger partial charge >= 0.3 is 0 Å². The number of hydrogen-bond donors (Lipinski definition) is 1. The summed E-state index contributed by atoms with van der Waals surface area (Å²) in [5.74, 6) is -0.506.